The number of hydrogen-bond donors (Lipinski definition) is 1. The maximum Gasteiger partial charge on any atom is 0.182 e. The van der Waals surface area contributed by atoms with E-state index in [0.29, 0.717) is 11.1 Å². The number of benzene rings is 1. The molecule has 2 rings (SSSR count). The van der Waals surface area contributed by atoms with Gasteiger partial charge in [0.15, 0.2) is 11.6 Å². The first kappa shape index (κ1) is 11.7. The van der Waals surface area contributed by atoms with Crippen LogP contribution < -0.4 is 5.32 Å². The van der Waals surface area contributed by atoms with Gasteiger partial charge in [0, 0.05) is 18.3 Å². The Labute approximate surface area is 100 Å². The van der Waals surface area contributed by atoms with Crippen molar-refractivity contribution < 1.29 is 13.2 Å². The number of halogens is 4. The Bertz CT molecular complexity index is 543. The fourth-order valence-electron chi connectivity index (χ4n) is 1.23. The average Bonchev–Trinajstić information content (AvgIpc) is 2.28. The summed E-state index contributed by atoms with van der Waals surface area (Å²) >= 11 is 5.61. The second-order valence-corrected chi connectivity index (χ2v) is 3.67. The summed E-state index contributed by atoms with van der Waals surface area (Å²) in [5, 5.41) is 2.86. The van der Waals surface area contributed by atoms with E-state index in [4.69, 9.17) is 11.6 Å². The molecular formula is C11H6ClF3N2. The van der Waals surface area contributed by atoms with Crippen LogP contribution in [0.3, 0.4) is 0 Å². The van der Waals surface area contributed by atoms with Gasteiger partial charge in [-0.15, -0.1) is 0 Å². The molecule has 17 heavy (non-hydrogen) atoms. The molecule has 1 aromatic carbocycles. The highest BCUT2D eigenvalue weighted by atomic mass is 35.5. The fourth-order valence-corrected chi connectivity index (χ4v) is 1.35. The SMILES string of the molecule is Fc1cc(F)c(F)c(Nc2ccc(Cl)cn2)c1. The van der Waals surface area contributed by atoms with Crippen LogP contribution in [0.25, 0.3) is 0 Å². The number of anilines is 2. The minimum atomic E-state index is -1.26. The second-order valence-electron chi connectivity index (χ2n) is 3.24. The lowest BCUT2D eigenvalue weighted by Gasteiger charge is -2.07. The topological polar surface area (TPSA) is 24.9 Å². The molecular weight excluding hydrogens is 253 g/mol. The summed E-state index contributed by atoms with van der Waals surface area (Å²) in [6, 6.07) is 4.29. The van der Waals surface area contributed by atoms with E-state index in [1.54, 1.807) is 0 Å². The van der Waals surface area contributed by atoms with Crippen LogP contribution >= 0.6 is 11.6 Å². The number of aromatic nitrogens is 1. The molecule has 1 N–H and O–H groups in total. The molecule has 0 aliphatic carbocycles. The first-order valence-corrected chi connectivity index (χ1v) is 4.97. The highest BCUT2D eigenvalue weighted by Gasteiger charge is 2.11. The first-order valence-electron chi connectivity index (χ1n) is 4.59. The Hall–Kier alpha value is -1.75. The predicted molar refractivity (Wildman–Crippen MR) is 58.8 cm³/mol. The van der Waals surface area contributed by atoms with Crippen molar-refractivity contribution >= 4 is 23.1 Å². The highest BCUT2D eigenvalue weighted by Crippen LogP contribution is 2.22. The van der Waals surface area contributed by atoms with E-state index < -0.39 is 17.5 Å². The van der Waals surface area contributed by atoms with Gasteiger partial charge in [-0.25, -0.2) is 18.2 Å². The third kappa shape index (κ3) is 2.68. The molecule has 0 atom stereocenters. The summed E-state index contributed by atoms with van der Waals surface area (Å²) in [5.41, 5.74) is -0.322. The molecule has 0 spiro atoms. The summed E-state index contributed by atoms with van der Waals surface area (Å²) in [6.45, 7) is 0. The number of nitrogens with one attached hydrogen (secondary N) is 1. The standard InChI is InChI=1S/C11H6ClF3N2/c12-6-1-2-10(16-5-6)17-9-4-7(13)3-8(14)11(9)15/h1-5H,(H,16,17). The molecule has 0 unspecified atom stereocenters. The Morgan fingerprint density at radius 1 is 1.12 bits per heavy atom. The number of rotatable bonds is 2. The minimum absolute atomic E-state index is 0.235. The molecule has 0 bridgehead atoms. The van der Waals surface area contributed by atoms with Crippen LogP contribution in [0.4, 0.5) is 24.7 Å². The van der Waals surface area contributed by atoms with Gasteiger partial charge in [0.1, 0.15) is 11.6 Å². The molecule has 0 aliphatic heterocycles. The number of hydrogen-bond acceptors (Lipinski definition) is 2. The van der Waals surface area contributed by atoms with Crippen LogP contribution in [0.5, 0.6) is 0 Å². The van der Waals surface area contributed by atoms with Crippen LogP contribution in [-0.4, -0.2) is 4.98 Å². The largest absolute Gasteiger partial charge is 0.338 e. The summed E-state index contributed by atoms with van der Waals surface area (Å²) in [5.74, 6) is -3.07. The summed E-state index contributed by atoms with van der Waals surface area (Å²) in [4.78, 5) is 3.82. The van der Waals surface area contributed by atoms with Gasteiger partial charge in [0.25, 0.3) is 0 Å². The maximum atomic E-state index is 13.3. The fraction of sp³-hybridized carbons (Fsp3) is 0. The minimum Gasteiger partial charge on any atom is -0.338 e. The Kier molecular flexibility index (Phi) is 3.19. The van der Waals surface area contributed by atoms with Crippen LogP contribution in [0.2, 0.25) is 5.02 Å². The maximum absolute atomic E-state index is 13.3. The number of nitrogens with zero attached hydrogens (tertiary/aromatic N) is 1. The van der Waals surface area contributed by atoms with E-state index in [1.165, 1.54) is 18.3 Å². The van der Waals surface area contributed by atoms with Crippen molar-refractivity contribution in [3.63, 3.8) is 0 Å². The summed E-state index contributed by atoms with van der Waals surface area (Å²) in [6.07, 6.45) is 1.33. The lowest BCUT2D eigenvalue weighted by atomic mass is 10.2. The van der Waals surface area contributed by atoms with Crippen molar-refractivity contribution in [2.45, 2.75) is 0 Å². The molecule has 1 aromatic heterocycles. The van der Waals surface area contributed by atoms with Crippen molar-refractivity contribution in [3.05, 3.63) is 52.9 Å². The summed E-state index contributed by atoms with van der Waals surface area (Å²) < 4.78 is 39.1. The normalized spacial score (nSPS) is 10.4. The monoisotopic (exact) mass is 258 g/mol. The Morgan fingerprint density at radius 3 is 2.53 bits per heavy atom. The van der Waals surface area contributed by atoms with Crippen molar-refractivity contribution in [2.75, 3.05) is 5.32 Å². The predicted octanol–water partition coefficient (Wildman–Crippen LogP) is 3.90. The van der Waals surface area contributed by atoms with E-state index in [1.807, 2.05) is 0 Å². The van der Waals surface area contributed by atoms with E-state index in [2.05, 4.69) is 10.3 Å². The van der Waals surface area contributed by atoms with Gasteiger partial charge >= 0.3 is 0 Å². The van der Waals surface area contributed by atoms with Crippen LogP contribution in [0, 0.1) is 17.5 Å². The van der Waals surface area contributed by atoms with Crippen LogP contribution in [0.15, 0.2) is 30.5 Å². The molecule has 0 amide bonds. The van der Waals surface area contributed by atoms with Crippen molar-refractivity contribution in [1.82, 2.24) is 4.98 Å². The lowest BCUT2D eigenvalue weighted by molar-refractivity contribution is 0.498. The summed E-state index contributed by atoms with van der Waals surface area (Å²) in [7, 11) is 0. The molecule has 0 aliphatic rings. The Balaban J connectivity index is 2.32. The van der Waals surface area contributed by atoms with Gasteiger partial charge in [-0.2, -0.15) is 0 Å². The van der Waals surface area contributed by atoms with Crippen LogP contribution in [0.1, 0.15) is 0 Å². The van der Waals surface area contributed by atoms with Gasteiger partial charge in [-0.05, 0) is 12.1 Å². The third-order valence-electron chi connectivity index (χ3n) is 1.98. The quantitative estimate of drug-likeness (QED) is 0.827. The zero-order valence-corrected chi connectivity index (χ0v) is 9.10. The molecule has 0 fully saturated rings. The van der Waals surface area contributed by atoms with E-state index in [9.17, 15) is 13.2 Å². The second kappa shape index (κ2) is 4.63. The zero-order chi connectivity index (χ0) is 12.4. The van der Waals surface area contributed by atoms with Gasteiger partial charge in [-0.3, -0.25) is 0 Å². The highest BCUT2D eigenvalue weighted by molar-refractivity contribution is 6.30. The van der Waals surface area contributed by atoms with E-state index in [0.717, 1.165) is 6.07 Å². The molecule has 0 saturated carbocycles. The van der Waals surface area contributed by atoms with E-state index in [-0.39, 0.29) is 11.5 Å². The molecule has 0 radical (unpaired) electrons. The average molecular weight is 259 g/mol. The molecule has 2 nitrogen and oxygen atoms in total. The van der Waals surface area contributed by atoms with Gasteiger partial charge in [0.2, 0.25) is 0 Å². The molecule has 2 aromatic rings. The lowest BCUT2D eigenvalue weighted by Crippen LogP contribution is -1.99. The Morgan fingerprint density at radius 2 is 1.88 bits per heavy atom. The van der Waals surface area contributed by atoms with Gasteiger partial charge in [-0.1, -0.05) is 11.6 Å². The van der Waals surface area contributed by atoms with E-state index >= 15 is 0 Å². The molecule has 6 heteroatoms. The third-order valence-corrected chi connectivity index (χ3v) is 2.21. The van der Waals surface area contributed by atoms with Gasteiger partial charge < -0.3 is 5.32 Å². The van der Waals surface area contributed by atoms with Crippen LogP contribution in [-0.2, 0) is 0 Å². The molecule has 88 valence electrons. The van der Waals surface area contributed by atoms with Crippen molar-refractivity contribution in [3.8, 4) is 0 Å². The smallest absolute Gasteiger partial charge is 0.182 e. The van der Waals surface area contributed by atoms with Gasteiger partial charge in [0.05, 0.1) is 10.7 Å². The van der Waals surface area contributed by atoms with Crippen molar-refractivity contribution in [2.24, 2.45) is 0 Å². The zero-order valence-electron chi connectivity index (χ0n) is 8.35. The molecule has 0 saturated heterocycles. The van der Waals surface area contributed by atoms with Crippen molar-refractivity contribution in [1.29, 1.82) is 0 Å². The molecule has 1 heterocycles. The first-order chi connectivity index (χ1) is 8.06. The number of pyridine rings is 1.